The van der Waals surface area contributed by atoms with E-state index < -0.39 is 0 Å². The second kappa shape index (κ2) is 7.92. The van der Waals surface area contributed by atoms with E-state index in [0.717, 1.165) is 6.42 Å². The number of ether oxygens (including phenoxy) is 1. The highest BCUT2D eigenvalue weighted by Crippen LogP contribution is 2.29. The predicted molar refractivity (Wildman–Crippen MR) is 93.2 cm³/mol. The molecule has 126 valence electrons. The lowest BCUT2D eigenvalue weighted by atomic mass is 9.99. The van der Waals surface area contributed by atoms with Gasteiger partial charge >= 0.3 is 0 Å². The minimum atomic E-state index is -0.361. The summed E-state index contributed by atoms with van der Waals surface area (Å²) in [6.45, 7) is 8.68. The monoisotopic (exact) mass is 326 g/mol. The van der Waals surface area contributed by atoms with Crippen molar-refractivity contribution in [2.45, 2.75) is 34.1 Å². The maximum atomic E-state index is 14.2. The van der Waals surface area contributed by atoms with Crippen molar-refractivity contribution in [3.05, 3.63) is 47.5 Å². The van der Waals surface area contributed by atoms with E-state index in [1.165, 1.54) is 0 Å². The van der Waals surface area contributed by atoms with Crippen LogP contribution in [0.25, 0.3) is 11.1 Å². The molecule has 0 N–H and O–H groups in total. The zero-order valence-electron chi connectivity index (χ0n) is 14.6. The maximum Gasteiger partial charge on any atom is 0.152 e. The van der Waals surface area contributed by atoms with Crippen molar-refractivity contribution < 1.29 is 9.13 Å². The third-order valence-corrected chi connectivity index (χ3v) is 3.87. The Balaban J connectivity index is 2.22. The fourth-order valence-electron chi connectivity index (χ4n) is 2.79. The van der Waals surface area contributed by atoms with Gasteiger partial charge in [-0.25, -0.2) is 4.39 Å². The van der Waals surface area contributed by atoms with Gasteiger partial charge in [0.15, 0.2) is 5.82 Å². The molecule has 1 atom stereocenters. The van der Waals surface area contributed by atoms with Gasteiger partial charge < -0.3 is 4.74 Å². The minimum Gasteiger partial charge on any atom is -0.492 e. The van der Waals surface area contributed by atoms with E-state index in [1.807, 2.05) is 0 Å². The quantitative estimate of drug-likeness (QED) is 0.739. The second-order valence-corrected chi connectivity index (χ2v) is 6.63. The van der Waals surface area contributed by atoms with Gasteiger partial charge in [-0.2, -0.15) is 5.26 Å². The zero-order valence-corrected chi connectivity index (χ0v) is 14.6. The first-order chi connectivity index (χ1) is 11.4. The number of pyridine rings is 1. The van der Waals surface area contributed by atoms with Crippen LogP contribution in [0.3, 0.4) is 0 Å². The third-order valence-electron chi connectivity index (χ3n) is 3.87. The fourth-order valence-corrected chi connectivity index (χ4v) is 2.79. The Hall–Kier alpha value is -2.41. The van der Waals surface area contributed by atoms with Gasteiger partial charge in [-0.3, -0.25) is 4.98 Å². The van der Waals surface area contributed by atoms with E-state index in [0.29, 0.717) is 46.6 Å². The second-order valence-electron chi connectivity index (χ2n) is 6.63. The number of rotatable bonds is 6. The molecule has 24 heavy (non-hydrogen) atoms. The summed E-state index contributed by atoms with van der Waals surface area (Å²) < 4.78 is 20.0. The normalized spacial score (nSPS) is 12.0. The van der Waals surface area contributed by atoms with Crippen molar-refractivity contribution in [2.24, 2.45) is 11.8 Å². The molecular formula is C20H23FN2O. The van der Waals surface area contributed by atoms with Gasteiger partial charge in [0.1, 0.15) is 11.8 Å². The van der Waals surface area contributed by atoms with E-state index in [-0.39, 0.29) is 5.82 Å². The predicted octanol–water partition coefficient (Wildman–Crippen LogP) is 5.13. The molecule has 0 amide bonds. The van der Waals surface area contributed by atoms with Gasteiger partial charge in [-0.05, 0) is 48.9 Å². The molecule has 1 aromatic heterocycles. The number of nitrogens with zero attached hydrogens (tertiary/aromatic N) is 2. The van der Waals surface area contributed by atoms with Crippen molar-refractivity contribution in [3.63, 3.8) is 0 Å². The number of nitriles is 1. The summed E-state index contributed by atoms with van der Waals surface area (Å²) in [6.07, 6.45) is 2.64. The van der Waals surface area contributed by atoms with E-state index in [4.69, 9.17) is 4.74 Å². The molecule has 1 heterocycles. The van der Waals surface area contributed by atoms with Crippen molar-refractivity contribution in [1.82, 2.24) is 4.98 Å². The molecular weight excluding hydrogens is 303 g/mol. The molecule has 0 aliphatic rings. The largest absolute Gasteiger partial charge is 0.492 e. The summed E-state index contributed by atoms with van der Waals surface area (Å²) >= 11 is 0. The first kappa shape index (κ1) is 17.9. The van der Waals surface area contributed by atoms with Crippen LogP contribution in [0.4, 0.5) is 4.39 Å². The first-order valence-corrected chi connectivity index (χ1v) is 8.20. The molecule has 1 aromatic carbocycles. The summed E-state index contributed by atoms with van der Waals surface area (Å²) in [5, 5.41) is 9.39. The van der Waals surface area contributed by atoms with Crippen LogP contribution in [0.1, 0.15) is 38.4 Å². The molecule has 0 fully saturated rings. The molecule has 1 unspecified atom stereocenters. The van der Waals surface area contributed by atoms with E-state index in [2.05, 4.69) is 31.8 Å². The number of hydrogen-bond donors (Lipinski definition) is 0. The Bertz CT molecular complexity index is 750. The minimum absolute atomic E-state index is 0.342. The van der Waals surface area contributed by atoms with Crippen molar-refractivity contribution >= 4 is 0 Å². The fraction of sp³-hybridized carbons (Fsp3) is 0.400. The Kier molecular flexibility index (Phi) is 5.92. The van der Waals surface area contributed by atoms with Crippen LogP contribution in [0.5, 0.6) is 5.75 Å². The van der Waals surface area contributed by atoms with Gasteiger partial charge in [0.05, 0.1) is 17.9 Å². The average molecular weight is 326 g/mol. The SMILES string of the molecule is Cc1nccc(-c2ccc(OCC(C)CC(C)C)c(C#N)c2)c1F. The zero-order chi connectivity index (χ0) is 17.7. The number of benzene rings is 1. The van der Waals surface area contributed by atoms with E-state index in [1.54, 1.807) is 37.4 Å². The smallest absolute Gasteiger partial charge is 0.152 e. The summed E-state index contributed by atoms with van der Waals surface area (Å²) in [5.74, 6) is 1.21. The van der Waals surface area contributed by atoms with Crippen LogP contribution < -0.4 is 4.74 Å². The lowest BCUT2D eigenvalue weighted by molar-refractivity contribution is 0.238. The van der Waals surface area contributed by atoms with Crippen LogP contribution in [0, 0.1) is 35.9 Å². The van der Waals surface area contributed by atoms with Gasteiger partial charge in [-0.15, -0.1) is 0 Å². The highest BCUT2D eigenvalue weighted by molar-refractivity contribution is 5.68. The maximum absolute atomic E-state index is 14.2. The molecule has 4 heteroatoms. The van der Waals surface area contributed by atoms with Gasteiger partial charge in [0.2, 0.25) is 0 Å². The number of halogens is 1. The van der Waals surface area contributed by atoms with Crippen LogP contribution in [-0.2, 0) is 0 Å². The average Bonchev–Trinajstić information content (AvgIpc) is 2.54. The molecule has 0 radical (unpaired) electrons. The highest BCUT2D eigenvalue weighted by Gasteiger charge is 2.13. The van der Waals surface area contributed by atoms with Crippen LogP contribution in [0.15, 0.2) is 30.5 Å². The number of aromatic nitrogens is 1. The summed E-state index contributed by atoms with van der Waals surface area (Å²) in [4.78, 5) is 3.93. The molecule has 0 spiro atoms. The molecule has 2 rings (SSSR count). The molecule has 0 aliphatic heterocycles. The lowest BCUT2D eigenvalue weighted by Crippen LogP contribution is -2.11. The molecule has 0 bridgehead atoms. The topological polar surface area (TPSA) is 45.9 Å². The summed E-state index contributed by atoms with van der Waals surface area (Å²) in [6, 6.07) is 8.94. The van der Waals surface area contributed by atoms with Crippen LogP contribution in [-0.4, -0.2) is 11.6 Å². The molecule has 0 saturated heterocycles. The summed E-state index contributed by atoms with van der Waals surface area (Å²) in [7, 11) is 0. The van der Waals surface area contributed by atoms with Crippen molar-refractivity contribution in [3.8, 4) is 22.9 Å². The Morgan fingerprint density at radius 2 is 2.00 bits per heavy atom. The van der Waals surface area contributed by atoms with Crippen LogP contribution >= 0.6 is 0 Å². The number of hydrogen-bond acceptors (Lipinski definition) is 3. The van der Waals surface area contributed by atoms with Crippen molar-refractivity contribution in [1.29, 1.82) is 5.26 Å². The number of aryl methyl sites for hydroxylation is 1. The third kappa shape index (κ3) is 4.32. The molecule has 0 saturated carbocycles. The molecule has 3 nitrogen and oxygen atoms in total. The molecule has 2 aromatic rings. The van der Waals surface area contributed by atoms with Gasteiger partial charge in [0, 0.05) is 11.8 Å². The van der Waals surface area contributed by atoms with Crippen LogP contribution in [0.2, 0.25) is 0 Å². The molecule has 0 aliphatic carbocycles. The Labute approximate surface area is 143 Å². The highest BCUT2D eigenvalue weighted by atomic mass is 19.1. The standard InChI is InChI=1S/C20H23FN2O/c1-13(2)9-14(3)12-24-19-6-5-16(10-17(19)11-22)18-7-8-23-15(4)20(18)21/h5-8,10,13-14H,9,12H2,1-4H3. The van der Waals surface area contributed by atoms with E-state index >= 15 is 0 Å². The first-order valence-electron chi connectivity index (χ1n) is 8.20. The lowest BCUT2D eigenvalue weighted by Gasteiger charge is -2.16. The van der Waals surface area contributed by atoms with Crippen molar-refractivity contribution in [2.75, 3.05) is 6.61 Å². The Morgan fingerprint density at radius 3 is 2.67 bits per heavy atom. The van der Waals surface area contributed by atoms with E-state index in [9.17, 15) is 9.65 Å². The Morgan fingerprint density at radius 1 is 1.25 bits per heavy atom. The summed E-state index contributed by atoms with van der Waals surface area (Å²) in [5.41, 5.74) is 1.85. The van der Waals surface area contributed by atoms with Gasteiger partial charge in [0.25, 0.3) is 0 Å². The van der Waals surface area contributed by atoms with Gasteiger partial charge in [-0.1, -0.05) is 26.8 Å².